The van der Waals surface area contributed by atoms with Crippen LogP contribution in [0.3, 0.4) is 0 Å². The Balaban J connectivity index is 2.30. The first-order chi connectivity index (χ1) is 9.77. The molecule has 2 N–H and O–H groups in total. The summed E-state index contributed by atoms with van der Waals surface area (Å²) < 4.78 is 39.7. The monoisotopic (exact) mass is 357 g/mol. The van der Waals surface area contributed by atoms with Gasteiger partial charge in [-0.15, -0.1) is 0 Å². The normalized spacial score (nSPS) is 13.2. The van der Waals surface area contributed by atoms with Crippen LogP contribution in [-0.4, -0.2) is 0 Å². The fourth-order valence-electron chi connectivity index (χ4n) is 2.19. The van der Waals surface area contributed by atoms with Crippen LogP contribution in [0.25, 0.3) is 0 Å². The maximum Gasteiger partial charge on any atom is 0.416 e. The van der Waals surface area contributed by atoms with Crippen molar-refractivity contribution in [1.29, 1.82) is 0 Å². The second-order valence-electron chi connectivity index (χ2n) is 5.03. The van der Waals surface area contributed by atoms with Crippen molar-refractivity contribution in [2.75, 3.05) is 0 Å². The van der Waals surface area contributed by atoms with Crippen LogP contribution >= 0.6 is 15.9 Å². The summed E-state index contributed by atoms with van der Waals surface area (Å²) in [6.45, 7) is 1.96. The fourth-order valence-corrected chi connectivity index (χ4v) is 2.55. The molecule has 0 saturated carbocycles. The molecule has 0 aromatic heterocycles. The van der Waals surface area contributed by atoms with E-state index in [-0.39, 0.29) is 5.56 Å². The van der Waals surface area contributed by atoms with Gasteiger partial charge in [0.15, 0.2) is 0 Å². The Morgan fingerprint density at radius 2 is 1.71 bits per heavy atom. The minimum absolute atomic E-state index is 0.117. The van der Waals surface area contributed by atoms with Crippen molar-refractivity contribution in [3.05, 3.63) is 69.2 Å². The summed E-state index contributed by atoms with van der Waals surface area (Å²) in [5.74, 6) is 0. The topological polar surface area (TPSA) is 26.0 Å². The van der Waals surface area contributed by atoms with Crippen LogP contribution in [0.4, 0.5) is 13.2 Å². The minimum atomic E-state index is -4.41. The molecule has 0 aliphatic rings. The van der Waals surface area contributed by atoms with E-state index in [0.717, 1.165) is 17.2 Å². The summed E-state index contributed by atoms with van der Waals surface area (Å²) in [6, 6.07) is 11.0. The molecule has 0 bridgehead atoms. The van der Waals surface area contributed by atoms with E-state index in [1.54, 1.807) is 6.07 Å². The number of hydrogen-bond donors (Lipinski definition) is 1. The molecule has 0 saturated heterocycles. The van der Waals surface area contributed by atoms with E-state index in [1.807, 2.05) is 31.2 Å². The summed E-state index contributed by atoms with van der Waals surface area (Å²) >= 11 is 3.07. The van der Waals surface area contributed by atoms with Gasteiger partial charge in [-0.3, -0.25) is 0 Å². The van der Waals surface area contributed by atoms with Crippen molar-refractivity contribution in [3.63, 3.8) is 0 Å². The molecule has 0 aliphatic carbocycles. The molecule has 2 aromatic carbocycles. The molecular weight excluding hydrogens is 343 g/mol. The van der Waals surface area contributed by atoms with Gasteiger partial charge in [0.25, 0.3) is 0 Å². The second-order valence-corrected chi connectivity index (χ2v) is 5.94. The van der Waals surface area contributed by atoms with Gasteiger partial charge in [0.05, 0.1) is 5.56 Å². The molecule has 1 nitrogen and oxygen atoms in total. The van der Waals surface area contributed by atoms with E-state index in [4.69, 9.17) is 5.73 Å². The van der Waals surface area contributed by atoms with E-state index >= 15 is 0 Å². The fraction of sp³-hybridized carbons (Fsp3) is 0.250. The van der Waals surface area contributed by atoms with Crippen LogP contribution < -0.4 is 5.73 Å². The van der Waals surface area contributed by atoms with Crippen molar-refractivity contribution < 1.29 is 13.2 Å². The molecule has 0 spiro atoms. The molecule has 2 rings (SSSR count). The van der Waals surface area contributed by atoms with E-state index in [9.17, 15) is 13.2 Å². The predicted octanol–water partition coefficient (Wildman–Crippen LogP) is 5.02. The van der Waals surface area contributed by atoms with E-state index in [2.05, 4.69) is 15.9 Å². The third kappa shape index (κ3) is 4.08. The van der Waals surface area contributed by atoms with Gasteiger partial charge in [-0.2, -0.15) is 13.2 Å². The zero-order valence-corrected chi connectivity index (χ0v) is 13.0. The maximum atomic E-state index is 13.1. The summed E-state index contributed by atoms with van der Waals surface area (Å²) in [6.07, 6.45) is -4.05. The van der Waals surface area contributed by atoms with Gasteiger partial charge in [0.2, 0.25) is 0 Å². The van der Waals surface area contributed by atoms with Crippen molar-refractivity contribution >= 4 is 15.9 Å². The van der Waals surface area contributed by atoms with Gasteiger partial charge in [-0.1, -0.05) is 51.8 Å². The molecule has 1 unspecified atom stereocenters. The van der Waals surface area contributed by atoms with Crippen LogP contribution in [0, 0.1) is 6.92 Å². The quantitative estimate of drug-likeness (QED) is 0.819. The largest absolute Gasteiger partial charge is 0.416 e. The minimum Gasteiger partial charge on any atom is -0.324 e. The molecule has 2 aromatic rings. The van der Waals surface area contributed by atoms with Crippen molar-refractivity contribution in [3.8, 4) is 0 Å². The number of nitrogens with two attached hydrogens (primary N) is 1. The first-order valence-electron chi connectivity index (χ1n) is 6.45. The molecule has 112 valence electrons. The molecule has 5 heteroatoms. The van der Waals surface area contributed by atoms with Gasteiger partial charge in [-0.05, 0) is 36.6 Å². The number of alkyl halides is 3. The zero-order valence-electron chi connectivity index (χ0n) is 11.4. The first kappa shape index (κ1) is 16.0. The number of benzene rings is 2. The molecule has 1 atom stereocenters. The molecule has 0 aliphatic heterocycles. The highest BCUT2D eigenvalue weighted by atomic mass is 79.9. The van der Waals surface area contributed by atoms with Crippen molar-refractivity contribution in [1.82, 2.24) is 0 Å². The number of hydrogen-bond acceptors (Lipinski definition) is 1. The zero-order chi connectivity index (χ0) is 15.6. The lowest BCUT2D eigenvalue weighted by molar-refractivity contribution is -0.138. The Morgan fingerprint density at radius 3 is 2.29 bits per heavy atom. The molecule has 0 radical (unpaired) electrons. The van der Waals surface area contributed by atoms with Gasteiger partial charge >= 0.3 is 6.18 Å². The third-order valence-corrected chi connectivity index (χ3v) is 3.79. The average Bonchev–Trinajstić information content (AvgIpc) is 2.40. The lowest BCUT2D eigenvalue weighted by atomic mass is 9.95. The third-order valence-electron chi connectivity index (χ3n) is 3.30. The Labute approximate surface area is 130 Å². The highest BCUT2D eigenvalue weighted by molar-refractivity contribution is 9.10. The van der Waals surface area contributed by atoms with Crippen molar-refractivity contribution in [2.45, 2.75) is 25.6 Å². The second kappa shape index (κ2) is 6.20. The van der Waals surface area contributed by atoms with Gasteiger partial charge in [0.1, 0.15) is 0 Å². The average molecular weight is 358 g/mol. The number of aryl methyl sites for hydroxylation is 1. The molecule has 0 heterocycles. The Kier molecular flexibility index (Phi) is 4.74. The van der Waals surface area contributed by atoms with Gasteiger partial charge in [-0.25, -0.2) is 0 Å². The number of halogens is 4. The van der Waals surface area contributed by atoms with E-state index < -0.39 is 17.8 Å². The van der Waals surface area contributed by atoms with Gasteiger partial charge < -0.3 is 5.73 Å². The van der Waals surface area contributed by atoms with Crippen LogP contribution in [0.15, 0.2) is 46.9 Å². The van der Waals surface area contributed by atoms with Crippen molar-refractivity contribution in [2.24, 2.45) is 5.73 Å². The summed E-state index contributed by atoms with van der Waals surface area (Å²) in [5.41, 5.74) is 7.45. The smallest absolute Gasteiger partial charge is 0.324 e. The Morgan fingerprint density at radius 1 is 1.10 bits per heavy atom. The number of rotatable bonds is 3. The summed E-state index contributed by atoms with van der Waals surface area (Å²) in [7, 11) is 0. The molecular formula is C16H15BrF3N. The van der Waals surface area contributed by atoms with Crippen LogP contribution in [0.5, 0.6) is 0 Å². The van der Waals surface area contributed by atoms with Crippen LogP contribution in [0.1, 0.15) is 28.3 Å². The van der Waals surface area contributed by atoms with Gasteiger partial charge in [0, 0.05) is 10.5 Å². The van der Waals surface area contributed by atoms with Crippen LogP contribution in [0.2, 0.25) is 0 Å². The SMILES string of the molecule is Cc1ccc(CC(N)c2ccc(Br)cc2C(F)(F)F)cc1. The maximum absolute atomic E-state index is 13.1. The lowest BCUT2D eigenvalue weighted by Gasteiger charge is -2.19. The first-order valence-corrected chi connectivity index (χ1v) is 7.24. The predicted molar refractivity (Wildman–Crippen MR) is 81.0 cm³/mol. The molecule has 0 amide bonds. The molecule has 21 heavy (non-hydrogen) atoms. The summed E-state index contributed by atoms with van der Waals surface area (Å²) in [4.78, 5) is 0. The Bertz CT molecular complexity index is 620. The highest BCUT2D eigenvalue weighted by Gasteiger charge is 2.34. The highest BCUT2D eigenvalue weighted by Crippen LogP contribution is 2.36. The standard InChI is InChI=1S/C16H15BrF3N/c1-10-2-4-11(5-3-10)8-15(21)13-7-6-12(17)9-14(13)16(18,19)20/h2-7,9,15H,8,21H2,1H3. The van der Waals surface area contributed by atoms with E-state index in [0.29, 0.717) is 10.9 Å². The van der Waals surface area contributed by atoms with E-state index in [1.165, 1.54) is 6.07 Å². The van der Waals surface area contributed by atoms with Crippen LogP contribution in [-0.2, 0) is 12.6 Å². The molecule has 0 fully saturated rings. The Hall–Kier alpha value is -1.33. The summed E-state index contributed by atoms with van der Waals surface area (Å²) in [5, 5.41) is 0. The lowest BCUT2D eigenvalue weighted by Crippen LogP contribution is -2.19.